The lowest BCUT2D eigenvalue weighted by Gasteiger charge is -2.03. The van der Waals surface area contributed by atoms with Gasteiger partial charge in [-0.05, 0) is 17.7 Å². The van der Waals surface area contributed by atoms with Gasteiger partial charge in [0.15, 0.2) is 0 Å². The second-order valence-electron chi connectivity index (χ2n) is 5.95. The zero-order valence-corrected chi connectivity index (χ0v) is 14.3. The number of hydrogen-bond acceptors (Lipinski definition) is 2. The normalized spacial score (nSPS) is 10.6. The Morgan fingerprint density at radius 1 is 1.04 bits per heavy atom. The van der Waals surface area contributed by atoms with Gasteiger partial charge in [-0.2, -0.15) is 5.10 Å². The number of nitrogens with zero attached hydrogens (tertiary/aromatic N) is 2. The van der Waals surface area contributed by atoms with Crippen LogP contribution in [0.15, 0.2) is 65.3 Å². The lowest BCUT2D eigenvalue weighted by molar-refractivity contribution is 0.558. The van der Waals surface area contributed by atoms with Crippen LogP contribution in [-0.2, 0) is 13.5 Å². The van der Waals surface area contributed by atoms with Crippen LogP contribution in [0.25, 0.3) is 22.1 Å². The number of aryl methyl sites for hydroxylation is 2. The second-order valence-corrected chi connectivity index (χ2v) is 5.95. The van der Waals surface area contributed by atoms with Crippen molar-refractivity contribution in [3.63, 3.8) is 0 Å². The summed E-state index contributed by atoms with van der Waals surface area (Å²) in [5.74, 6) is 7.50. The molecule has 0 saturated heterocycles. The van der Waals surface area contributed by atoms with Crippen LogP contribution in [0, 0.1) is 11.8 Å². The molecule has 0 fully saturated rings. The molecule has 0 bridgehead atoms. The number of furan rings is 1. The summed E-state index contributed by atoms with van der Waals surface area (Å²) in [6.07, 6.45) is 4.53. The van der Waals surface area contributed by atoms with Crippen LogP contribution < -0.4 is 0 Å². The summed E-state index contributed by atoms with van der Waals surface area (Å²) in [5, 5.41) is 5.25. The lowest BCUT2D eigenvalue weighted by Crippen LogP contribution is -1.85. The molecule has 0 N–H and O–H groups in total. The Bertz CT molecular complexity index is 1090. The molecule has 0 spiro atoms. The fraction of sp³-hybridized carbons (Fsp3) is 0.136. The van der Waals surface area contributed by atoms with Gasteiger partial charge >= 0.3 is 0 Å². The van der Waals surface area contributed by atoms with Crippen LogP contribution in [-0.4, -0.2) is 9.78 Å². The van der Waals surface area contributed by atoms with Crippen molar-refractivity contribution in [2.24, 2.45) is 7.05 Å². The third-order valence-electron chi connectivity index (χ3n) is 4.22. The fourth-order valence-corrected chi connectivity index (χ4v) is 3.09. The van der Waals surface area contributed by atoms with Gasteiger partial charge in [0.2, 0.25) is 0 Å². The fourth-order valence-electron chi connectivity index (χ4n) is 3.09. The van der Waals surface area contributed by atoms with Crippen molar-refractivity contribution in [3.05, 3.63) is 77.8 Å². The van der Waals surface area contributed by atoms with Gasteiger partial charge in [0.05, 0.1) is 11.8 Å². The minimum atomic E-state index is 0.842. The number of fused-ring (bicyclic) bond motifs is 1. The Balaban J connectivity index is 1.94. The smallest absolute Gasteiger partial charge is 0.136 e. The number of rotatable bonds is 2. The summed E-state index contributed by atoms with van der Waals surface area (Å²) in [6.45, 7) is 2.12. The molecular formula is C22H18N2O. The molecule has 4 rings (SSSR count). The number of aromatic nitrogens is 2. The van der Waals surface area contributed by atoms with E-state index in [4.69, 9.17) is 4.42 Å². The average Bonchev–Trinajstić information content (AvgIpc) is 3.24. The molecule has 2 aromatic heterocycles. The topological polar surface area (TPSA) is 31.0 Å². The predicted octanol–water partition coefficient (Wildman–Crippen LogP) is 4.80. The molecule has 25 heavy (non-hydrogen) atoms. The van der Waals surface area contributed by atoms with Gasteiger partial charge in [0.1, 0.15) is 11.3 Å². The lowest BCUT2D eigenvalue weighted by atomic mass is 9.98. The highest BCUT2D eigenvalue weighted by Crippen LogP contribution is 2.37. The maximum absolute atomic E-state index is 6.12. The van der Waals surface area contributed by atoms with E-state index in [-0.39, 0.29) is 0 Å². The van der Waals surface area contributed by atoms with Gasteiger partial charge in [-0.15, -0.1) is 0 Å². The van der Waals surface area contributed by atoms with Crippen molar-refractivity contribution in [2.75, 3.05) is 0 Å². The second kappa shape index (κ2) is 6.33. The van der Waals surface area contributed by atoms with E-state index < -0.39 is 0 Å². The molecule has 0 atom stereocenters. The highest BCUT2D eigenvalue weighted by atomic mass is 16.3. The maximum Gasteiger partial charge on any atom is 0.136 e. The molecule has 0 aliphatic carbocycles. The van der Waals surface area contributed by atoms with Crippen LogP contribution >= 0.6 is 0 Å². The summed E-state index contributed by atoms with van der Waals surface area (Å²) in [7, 11) is 1.89. The first kappa shape index (κ1) is 15.3. The van der Waals surface area contributed by atoms with E-state index in [1.54, 1.807) is 10.9 Å². The molecule has 2 aromatic carbocycles. The molecule has 3 nitrogen and oxygen atoms in total. The van der Waals surface area contributed by atoms with E-state index in [0.717, 1.165) is 45.4 Å². The Morgan fingerprint density at radius 2 is 1.88 bits per heavy atom. The monoisotopic (exact) mass is 326 g/mol. The van der Waals surface area contributed by atoms with Crippen LogP contribution in [0.1, 0.15) is 23.8 Å². The summed E-state index contributed by atoms with van der Waals surface area (Å²) in [5.41, 5.74) is 5.07. The molecule has 0 radical (unpaired) electrons. The summed E-state index contributed by atoms with van der Waals surface area (Å²) in [6, 6.07) is 16.4. The van der Waals surface area contributed by atoms with E-state index in [1.807, 2.05) is 37.5 Å². The van der Waals surface area contributed by atoms with Crippen molar-refractivity contribution >= 4 is 11.0 Å². The summed E-state index contributed by atoms with van der Waals surface area (Å²) < 4.78 is 7.87. The van der Waals surface area contributed by atoms with Crippen molar-refractivity contribution in [1.82, 2.24) is 9.78 Å². The SMILES string of the molecule is CCc1oc2cccc(C#Cc3cnn(C)c3)c2c1-c1ccccc1. The van der Waals surface area contributed by atoms with Crippen LogP contribution in [0.5, 0.6) is 0 Å². The molecular weight excluding hydrogens is 308 g/mol. The van der Waals surface area contributed by atoms with Gasteiger partial charge in [-0.1, -0.05) is 55.2 Å². The molecule has 0 unspecified atom stereocenters. The van der Waals surface area contributed by atoms with Crippen molar-refractivity contribution in [1.29, 1.82) is 0 Å². The van der Waals surface area contributed by atoms with E-state index in [0.29, 0.717) is 0 Å². The molecule has 0 saturated carbocycles. The first-order valence-corrected chi connectivity index (χ1v) is 8.36. The third-order valence-corrected chi connectivity index (χ3v) is 4.22. The average molecular weight is 326 g/mol. The Morgan fingerprint density at radius 3 is 2.60 bits per heavy atom. The van der Waals surface area contributed by atoms with Gasteiger partial charge in [-0.25, -0.2) is 0 Å². The number of benzene rings is 2. The summed E-state index contributed by atoms with van der Waals surface area (Å²) in [4.78, 5) is 0. The highest BCUT2D eigenvalue weighted by molar-refractivity contribution is 5.99. The van der Waals surface area contributed by atoms with Crippen LogP contribution in [0.2, 0.25) is 0 Å². The maximum atomic E-state index is 6.12. The largest absolute Gasteiger partial charge is 0.460 e. The number of hydrogen-bond donors (Lipinski definition) is 0. The minimum absolute atomic E-state index is 0.842. The van der Waals surface area contributed by atoms with Crippen molar-refractivity contribution < 1.29 is 4.42 Å². The molecule has 0 amide bonds. The van der Waals surface area contributed by atoms with E-state index in [9.17, 15) is 0 Å². The Hall–Kier alpha value is -3.25. The van der Waals surface area contributed by atoms with Gasteiger partial charge in [0.25, 0.3) is 0 Å². The van der Waals surface area contributed by atoms with Crippen LogP contribution in [0.4, 0.5) is 0 Å². The first-order chi connectivity index (χ1) is 12.3. The molecule has 0 aliphatic heterocycles. The van der Waals surface area contributed by atoms with E-state index in [1.165, 1.54) is 0 Å². The van der Waals surface area contributed by atoms with E-state index in [2.05, 4.69) is 48.1 Å². The standard InChI is InChI=1S/C22H18N2O/c1-3-19-21(17-8-5-4-6-9-17)22-18(10-7-11-20(22)25-19)13-12-16-14-23-24(2)15-16/h4-11,14-15H,3H2,1-2H3. The van der Waals surface area contributed by atoms with Crippen LogP contribution in [0.3, 0.4) is 0 Å². The predicted molar refractivity (Wildman–Crippen MR) is 100 cm³/mol. The zero-order chi connectivity index (χ0) is 17.2. The molecule has 4 aromatic rings. The first-order valence-electron chi connectivity index (χ1n) is 8.36. The van der Waals surface area contributed by atoms with Crippen molar-refractivity contribution in [2.45, 2.75) is 13.3 Å². The molecule has 3 heteroatoms. The zero-order valence-electron chi connectivity index (χ0n) is 14.3. The van der Waals surface area contributed by atoms with Gasteiger partial charge < -0.3 is 4.42 Å². The third kappa shape index (κ3) is 2.83. The Kier molecular flexibility index (Phi) is 3.87. The van der Waals surface area contributed by atoms with Gasteiger partial charge in [-0.3, -0.25) is 4.68 Å². The minimum Gasteiger partial charge on any atom is -0.460 e. The van der Waals surface area contributed by atoms with Gasteiger partial charge in [0, 0.05) is 36.2 Å². The highest BCUT2D eigenvalue weighted by Gasteiger charge is 2.16. The quantitative estimate of drug-likeness (QED) is 0.496. The molecule has 122 valence electrons. The van der Waals surface area contributed by atoms with E-state index >= 15 is 0 Å². The summed E-state index contributed by atoms with van der Waals surface area (Å²) >= 11 is 0. The Labute approximate surface area is 146 Å². The molecule has 0 aliphatic rings. The molecule has 2 heterocycles. The van der Waals surface area contributed by atoms with Crippen molar-refractivity contribution in [3.8, 4) is 23.0 Å².